The van der Waals surface area contributed by atoms with Gasteiger partial charge in [0.1, 0.15) is 12.1 Å². The summed E-state index contributed by atoms with van der Waals surface area (Å²) >= 11 is 0. The molecule has 8 heteroatoms. The molecule has 5 nitrogen and oxygen atoms in total. The minimum atomic E-state index is -4.42. The molecule has 3 aromatic rings. The molecule has 0 amide bonds. The average molecular weight is 469 g/mol. The minimum absolute atomic E-state index is 0.208. The van der Waals surface area contributed by atoms with Crippen LogP contribution >= 0.6 is 0 Å². The van der Waals surface area contributed by atoms with E-state index in [4.69, 9.17) is 0 Å². The summed E-state index contributed by atoms with van der Waals surface area (Å²) in [7, 11) is 1.87. The molecule has 0 radical (unpaired) electrons. The fourth-order valence-corrected chi connectivity index (χ4v) is 5.16. The molecule has 34 heavy (non-hydrogen) atoms. The SMILES string of the molecule is CN(c1cc(C(F)(F)F)ccc1-c1cc(Nc2cccc3c2C[C@H](O)C3)ncn1)C1CCCC1. The quantitative estimate of drug-likeness (QED) is 0.500. The van der Waals surface area contributed by atoms with Gasteiger partial charge in [-0.3, -0.25) is 0 Å². The van der Waals surface area contributed by atoms with Crippen molar-refractivity contribution >= 4 is 17.2 Å². The Balaban J connectivity index is 1.51. The lowest BCUT2D eigenvalue weighted by Gasteiger charge is -2.29. The monoisotopic (exact) mass is 468 g/mol. The van der Waals surface area contributed by atoms with Gasteiger partial charge in [0.05, 0.1) is 17.4 Å². The molecule has 2 aliphatic carbocycles. The van der Waals surface area contributed by atoms with Crippen LogP contribution in [0, 0.1) is 0 Å². The van der Waals surface area contributed by atoms with Crippen molar-refractivity contribution in [1.29, 1.82) is 0 Å². The fourth-order valence-electron chi connectivity index (χ4n) is 5.16. The zero-order valence-corrected chi connectivity index (χ0v) is 18.9. The van der Waals surface area contributed by atoms with Crippen LogP contribution in [-0.4, -0.2) is 34.3 Å². The first-order chi connectivity index (χ1) is 16.3. The van der Waals surface area contributed by atoms with E-state index in [1.165, 1.54) is 18.5 Å². The Morgan fingerprint density at radius 2 is 1.82 bits per heavy atom. The highest BCUT2D eigenvalue weighted by atomic mass is 19.4. The Bertz CT molecular complexity index is 1190. The number of hydrogen-bond acceptors (Lipinski definition) is 5. The van der Waals surface area contributed by atoms with Crippen molar-refractivity contribution < 1.29 is 18.3 Å². The third-order valence-corrected chi connectivity index (χ3v) is 6.95. The molecule has 2 N–H and O–H groups in total. The van der Waals surface area contributed by atoms with Gasteiger partial charge in [-0.05, 0) is 48.6 Å². The third-order valence-electron chi connectivity index (χ3n) is 6.95. The first-order valence-corrected chi connectivity index (χ1v) is 11.6. The Hall–Kier alpha value is -3.13. The van der Waals surface area contributed by atoms with Crippen molar-refractivity contribution in [3.63, 3.8) is 0 Å². The van der Waals surface area contributed by atoms with E-state index in [9.17, 15) is 18.3 Å². The highest BCUT2D eigenvalue weighted by Crippen LogP contribution is 2.39. The topological polar surface area (TPSA) is 61.3 Å². The van der Waals surface area contributed by atoms with Crippen LogP contribution in [0.15, 0.2) is 48.8 Å². The molecule has 0 saturated heterocycles. The maximum absolute atomic E-state index is 13.5. The Labute approximate surface area is 196 Å². The molecule has 0 unspecified atom stereocenters. The lowest BCUT2D eigenvalue weighted by atomic mass is 10.0. The lowest BCUT2D eigenvalue weighted by molar-refractivity contribution is -0.137. The Morgan fingerprint density at radius 3 is 2.59 bits per heavy atom. The van der Waals surface area contributed by atoms with Crippen LogP contribution in [0.4, 0.5) is 30.4 Å². The van der Waals surface area contributed by atoms with Gasteiger partial charge in [-0.1, -0.05) is 31.0 Å². The van der Waals surface area contributed by atoms with Gasteiger partial charge >= 0.3 is 6.18 Å². The van der Waals surface area contributed by atoms with E-state index < -0.39 is 11.7 Å². The van der Waals surface area contributed by atoms with Crippen LogP contribution < -0.4 is 10.2 Å². The molecular formula is C26H27F3N4O. The molecule has 1 fully saturated rings. The van der Waals surface area contributed by atoms with Crippen molar-refractivity contribution in [2.75, 3.05) is 17.3 Å². The molecule has 178 valence electrons. The van der Waals surface area contributed by atoms with Gasteiger partial charge in [-0.2, -0.15) is 13.2 Å². The number of nitrogens with one attached hydrogen (secondary N) is 1. The number of nitrogens with zero attached hydrogens (tertiary/aromatic N) is 3. The van der Waals surface area contributed by atoms with E-state index in [2.05, 4.69) is 15.3 Å². The molecule has 0 spiro atoms. The van der Waals surface area contributed by atoms with E-state index in [-0.39, 0.29) is 12.1 Å². The standard InChI is InChI=1S/C26H27F3N4O/c1-33(18-6-2-3-7-18)24-12-17(26(27,28)29)9-10-20(24)23-14-25(31-15-30-23)32-22-8-4-5-16-11-19(34)13-21(16)22/h4-5,8-10,12,14-15,18-19,34H,2-3,6-7,11,13H2,1H3,(H,30,31,32)/t19-/m1/s1. The Kier molecular flexibility index (Phi) is 5.93. The van der Waals surface area contributed by atoms with Crippen molar-refractivity contribution in [2.45, 2.75) is 56.8 Å². The molecule has 1 heterocycles. The highest BCUT2D eigenvalue weighted by Gasteiger charge is 2.32. The normalized spacial score (nSPS) is 18.2. The summed E-state index contributed by atoms with van der Waals surface area (Å²) in [6.07, 6.45) is 1.92. The molecule has 1 aromatic heterocycles. The lowest BCUT2D eigenvalue weighted by Crippen LogP contribution is -2.29. The summed E-state index contributed by atoms with van der Waals surface area (Å²) in [5.41, 5.74) is 4.09. The molecule has 2 aliphatic rings. The zero-order valence-electron chi connectivity index (χ0n) is 18.9. The van der Waals surface area contributed by atoms with Crippen LogP contribution in [0.25, 0.3) is 11.3 Å². The van der Waals surface area contributed by atoms with Crippen molar-refractivity contribution in [3.8, 4) is 11.3 Å². The summed E-state index contributed by atoms with van der Waals surface area (Å²) in [6, 6.07) is 11.7. The number of aliphatic hydroxyl groups is 1. The number of aromatic nitrogens is 2. The number of benzene rings is 2. The zero-order chi connectivity index (χ0) is 23.9. The second-order valence-electron chi connectivity index (χ2n) is 9.20. The maximum atomic E-state index is 13.5. The van der Waals surface area contributed by atoms with Gasteiger partial charge < -0.3 is 15.3 Å². The molecule has 0 aliphatic heterocycles. The number of aliphatic hydroxyl groups excluding tert-OH is 1. The first-order valence-electron chi connectivity index (χ1n) is 11.6. The van der Waals surface area contributed by atoms with Gasteiger partial charge in [0.15, 0.2) is 0 Å². The van der Waals surface area contributed by atoms with E-state index in [0.29, 0.717) is 35.6 Å². The summed E-state index contributed by atoms with van der Waals surface area (Å²) in [5, 5.41) is 13.4. The summed E-state index contributed by atoms with van der Waals surface area (Å²) in [6.45, 7) is 0. The van der Waals surface area contributed by atoms with Crippen LogP contribution in [0.3, 0.4) is 0 Å². The predicted molar refractivity (Wildman–Crippen MR) is 126 cm³/mol. The fraction of sp³-hybridized carbons (Fsp3) is 0.385. The van der Waals surface area contributed by atoms with Gasteiger partial charge in [-0.15, -0.1) is 0 Å². The number of halogens is 3. The van der Waals surface area contributed by atoms with Gasteiger partial charge in [0, 0.05) is 42.5 Å². The summed E-state index contributed by atoms with van der Waals surface area (Å²) < 4.78 is 40.5. The summed E-state index contributed by atoms with van der Waals surface area (Å²) in [5.74, 6) is 0.550. The third kappa shape index (κ3) is 4.46. The molecule has 0 bridgehead atoms. The molecule has 5 rings (SSSR count). The van der Waals surface area contributed by atoms with Crippen molar-refractivity contribution in [3.05, 3.63) is 65.5 Å². The smallest absolute Gasteiger partial charge is 0.392 e. The van der Waals surface area contributed by atoms with Crippen LogP contribution in [0.1, 0.15) is 42.4 Å². The van der Waals surface area contributed by atoms with Crippen molar-refractivity contribution in [1.82, 2.24) is 9.97 Å². The van der Waals surface area contributed by atoms with Gasteiger partial charge in [-0.25, -0.2) is 9.97 Å². The molecular weight excluding hydrogens is 441 g/mol. The minimum Gasteiger partial charge on any atom is -0.392 e. The molecule has 2 aromatic carbocycles. The predicted octanol–water partition coefficient (Wildman–Crippen LogP) is 5.74. The van der Waals surface area contributed by atoms with E-state index >= 15 is 0 Å². The van der Waals surface area contributed by atoms with Crippen LogP contribution in [0.2, 0.25) is 0 Å². The number of alkyl halides is 3. The molecule has 1 saturated carbocycles. The maximum Gasteiger partial charge on any atom is 0.416 e. The second kappa shape index (κ2) is 8.91. The van der Waals surface area contributed by atoms with Gasteiger partial charge in [0.2, 0.25) is 0 Å². The van der Waals surface area contributed by atoms with Gasteiger partial charge in [0.25, 0.3) is 0 Å². The number of anilines is 3. The largest absolute Gasteiger partial charge is 0.416 e. The van der Waals surface area contributed by atoms with E-state index in [1.54, 1.807) is 6.07 Å². The molecule has 1 atom stereocenters. The van der Waals surface area contributed by atoms with E-state index in [1.807, 2.05) is 30.1 Å². The average Bonchev–Trinajstić information content (AvgIpc) is 3.48. The number of fused-ring (bicyclic) bond motifs is 1. The van der Waals surface area contributed by atoms with E-state index in [0.717, 1.165) is 48.6 Å². The van der Waals surface area contributed by atoms with Crippen LogP contribution in [0.5, 0.6) is 0 Å². The van der Waals surface area contributed by atoms with Crippen LogP contribution in [-0.2, 0) is 19.0 Å². The van der Waals surface area contributed by atoms with Crippen molar-refractivity contribution in [2.24, 2.45) is 0 Å². The Morgan fingerprint density at radius 1 is 1.03 bits per heavy atom. The first kappa shape index (κ1) is 22.7. The second-order valence-corrected chi connectivity index (χ2v) is 9.20. The highest BCUT2D eigenvalue weighted by molar-refractivity contribution is 5.79. The summed E-state index contributed by atoms with van der Waals surface area (Å²) in [4.78, 5) is 10.7. The number of rotatable bonds is 5. The number of hydrogen-bond donors (Lipinski definition) is 2.